The van der Waals surface area contributed by atoms with Crippen LogP contribution in [0.15, 0.2) is 28.6 Å². The van der Waals surface area contributed by atoms with Crippen molar-refractivity contribution in [1.82, 2.24) is 4.98 Å². The van der Waals surface area contributed by atoms with Crippen LogP contribution in [0.1, 0.15) is 12.8 Å². The van der Waals surface area contributed by atoms with Gasteiger partial charge in [-0.2, -0.15) is 0 Å². The molecule has 0 unspecified atom stereocenters. The van der Waals surface area contributed by atoms with Gasteiger partial charge < -0.3 is 14.2 Å². The van der Waals surface area contributed by atoms with Crippen LogP contribution in [0.3, 0.4) is 0 Å². The number of fused-ring (bicyclic) bond motifs is 1. The largest absolute Gasteiger partial charge is 0.508 e. The highest BCUT2D eigenvalue weighted by Gasteiger charge is 2.31. The van der Waals surface area contributed by atoms with Crippen LogP contribution in [-0.4, -0.2) is 42.2 Å². The van der Waals surface area contributed by atoms with Gasteiger partial charge in [0.25, 0.3) is 0 Å². The third-order valence-corrected chi connectivity index (χ3v) is 5.65. The van der Waals surface area contributed by atoms with Crippen LogP contribution in [0.4, 0.5) is 4.79 Å². The van der Waals surface area contributed by atoms with E-state index in [1.165, 1.54) is 18.9 Å². The number of para-hydroxylation sites is 1. The molecule has 1 aromatic heterocycles. The first kappa shape index (κ1) is 16.1. The summed E-state index contributed by atoms with van der Waals surface area (Å²) >= 11 is 3.15. The molecule has 0 aliphatic carbocycles. The van der Waals surface area contributed by atoms with Crippen LogP contribution in [-0.2, 0) is 19.0 Å². The summed E-state index contributed by atoms with van der Waals surface area (Å²) in [5.41, 5.74) is 0.965. The molecule has 0 bridgehead atoms. The van der Waals surface area contributed by atoms with Crippen LogP contribution in [0.5, 0.6) is 0 Å². The summed E-state index contributed by atoms with van der Waals surface area (Å²) in [5, 5.41) is 0. The Kier molecular flexibility index (Phi) is 5.02. The number of thioether (sulfide) groups is 1. The molecule has 122 valence electrons. The Labute approximate surface area is 141 Å². The fraction of sp³-hybridized carbons (Fsp3) is 0.400. The third kappa shape index (κ3) is 4.14. The molecule has 1 aliphatic rings. The number of cyclic esters (lactones) is 2. The van der Waals surface area contributed by atoms with Gasteiger partial charge in [0.2, 0.25) is 0 Å². The number of esters is 1. The number of thiazole rings is 1. The number of methoxy groups -OCH3 is 1. The zero-order valence-electron chi connectivity index (χ0n) is 12.4. The molecule has 2 aromatic rings. The lowest BCUT2D eigenvalue weighted by atomic mass is 10.1. The summed E-state index contributed by atoms with van der Waals surface area (Å²) < 4.78 is 16.8. The Bertz CT molecular complexity index is 684. The predicted octanol–water partition coefficient (Wildman–Crippen LogP) is 3.25. The Hall–Kier alpha value is -1.80. The van der Waals surface area contributed by atoms with E-state index in [1.54, 1.807) is 11.3 Å². The van der Waals surface area contributed by atoms with Crippen molar-refractivity contribution in [1.29, 1.82) is 0 Å². The third-order valence-electron chi connectivity index (χ3n) is 3.34. The summed E-state index contributed by atoms with van der Waals surface area (Å²) in [4.78, 5) is 27.3. The Morgan fingerprint density at radius 1 is 1.39 bits per heavy atom. The second kappa shape index (κ2) is 7.18. The summed E-state index contributed by atoms with van der Waals surface area (Å²) in [5.74, 6) is 0.175. The molecule has 2 heterocycles. The summed E-state index contributed by atoms with van der Waals surface area (Å²) in [6, 6.07) is 7.93. The number of hydrogen-bond donors (Lipinski definition) is 0. The lowest BCUT2D eigenvalue weighted by Crippen LogP contribution is -2.37. The second-order valence-corrected chi connectivity index (χ2v) is 7.30. The van der Waals surface area contributed by atoms with E-state index in [0.29, 0.717) is 12.2 Å². The first-order valence-electron chi connectivity index (χ1n) is 7.06. The quantitative estimate of drug-likeness (QED) is 0.603. The van der Waals surface area contributed by atoms with Gasteiger partial charge in [-0.25, -0.2) is 9.78 Å². The number of aromatic nitrogens is 1. The fourth-order valence-electron chi connectivity index (χ4n) is 2.26. The van der Waals surface area contributed by atoms with Gasteiger partial charge in [-0.05, 0) is 12.1 Å². The topological polar surface area (TPSA) is 74.7 Å². The van der Waals surface area contributed by atoms with Crippen molar-refractivity contribution in [3.05, 3.63) is 24.3 Å². The van der Waals surface area contributed by atoms with Gasteiger partial charge in [-0.1, -0.05) is 23.9 Å². The SMILES string of the molecule is COC(=O)C[C@H]1C[C@@H](CSc2nc3ccccc3s2)OC(=O)O1. The van der Waals surface area contributed by atoms with Crippen LogP contribution >= 0.6 is 23.1 Å². The molecule has 8 heteroatoms. The van der Waals surface area contributed by atoms with Crippen molar-refractivity contribution < 1.29 is 23.8 Å². The minimum absolute atomic E-state index is 0.0495. The number of nitrogens with zero attached hydrogens (tertiary/aromatic N) is 1. The molecule has 0 spiro atoms. The lowest BCUT2D eigenvalue weighted by Gasteiger charge is -2.28. The average molecular weight is 353 g/mol. The highest BCUT2D eigenvalue weighted by Crippen LogP contribution is 2.31. The molecule has 0 radical (unpaired) electrons. The van der Waals surface area contributed by atoms with E-state index in [2.05, 4.69) is 9.72 Å². The molecule has 1 aliphatic heterocycles. The van der Waals surface area contributed by atoms with Crippen molar-refractivity contribution in [2.45, 2.75) is 29.4 Å². The second-order valence-electron chi connectivity index (χ2n) is 5.00. The van der Waals surface area contributed by atoms with E-state index < -0.39 is 18.2 Å². The number of benzene rings is 1. The van der Waals surface area contributed by atoms with Crippen LogP contribution < -0.4 is 0 Å². The Morgan fingerprint density at radius 2 is 2.17 bits per heavy atom. The van der Waals surface area contributed by atoms with E-state index >= 15 is 0 Å². The van der Waals surface area contributed by atoms with E-state index in [9.17, 15) is 9.59 Å². The maximum Gasteiger partial charge on any atom is 0.508 e. The first-order valence-corrected chi connectivity index (χ1v) is 8.86. The van der Waals surface area contributed by atoms with Gasteiger partial charge in [0, 0.05) is 12.2 Å². The van der Waals surface area contributed by atoms with Crippen LogP contribution in [0.25, 0.3) is 10.2 Å². The minimum Gasteiger partial charge on any atom is -0.469 e. The van der Waals surface area contributed by atoms with Gasteiger partial charge in [0.15, 0.2) is 4.34 Å². The molecule has 1 saturated heterocycles. The van der Waals surface area contributed by atoms with Gasteiger partial charge in [-0.15, -0.1) is 11.3 Å². The smallest absolute Gasteiger partial charge is 0.469 e. The summed E-state index contributed by atoms with van der Waals surface area (Å²) in [7, 11) is 1.31. The normalized spacial score (nSPS) is 20.8. The van der Waals surface area contributed by atoms with Crippen molar-refractivity contribution in [2.24, 2.45) is 0 Å². The van der Waals surface area contributed by atoms with E-state index in [-0.39, 0.29) is 12.5 Å². The number of hydrogen-bond acceptors (Lipinski definition) is 8. The molecule has 6 nitrogen and oxygen atoms in total. The summed E-state index contributed by atoms with van der Waals surface area (Å²) in [6.45, 7) is 0. The van der Waals surface area contributed by atoms with Gasteiger partial charge in [0.1, 0.15) is 12.2 Å². The number of rotatable bonds is 5. The molecule has 3 rings (SSSR count). The van der Waals surface area contributed by atoms with E-state index in [1.807, 2.05) is 24.3 Å². The molecule has 23 heavy (non-hydrogen) atoms. The molecule has 1 fully saturated rings. The zero-order valence-corrected chi connectivity index (χ0v) is 14.0. The van der Waals surface area contributed by atoms with Crippen LogP contribution in [0.2, 0.25) is 0 Å². The van der Waals surface area contributed by atoms with Crippen molar-refractivity contribution >= 4 is 45.4 Å². The van der Waals surface area contributed by atoms with E-state index in [0.717, 1.165) is 14.6 Å². The maximum atomic E-state index is 11.5. The number of carbonyl (C=O) groups excluding carboxylic acids is 2. The first-order chi connectivity index (χ1) is 11.1. The van der Waals surface area contributed by atoms with E-state index in [4.69, 9.17) is 9.47 Å². The van der Waals surface area contributed by atoms with Gasteiger partial charge >= 0.3 is 12.1 Å². The molecule has 0 N–H and O–H groups in total. The molecule has 0 saturated carbocycles. The minimum atomic E-state index is -0.736. The molecular weight excluding hydrogens is 338 g/mol. The number of ether oxygens (including phenoxy) is 3. The Morgan fingerprint density at radius 3 is 2.96 bits per heavy atom. The highest BCUT2D eigenvalue weighted by molar-refractivity contribution is 8.01. The van der Waals surface area contributed by atoms with Crippen molar-refractivity contribution in [2.75, 3.05) is 12.9 Å². The fourth-order valence-corrected chi connectivity index (χ4v) is 4.36. The van der Waals surface area contributed by atoms with Crippen molar-refractivity contribution in [3.8, 4) is 0 Å². The highest BCUT2D eigenvalue weighted by atomic mass is 32.2. The van der Waals surface area contributed by atoms with Crippen molar-refractivity contribution in [3.63, 3.8) is 0 Å². The molecule has 2 atom stereocenters. The monoisotopic (exact) mass is 353 g/mol. The lowest BCUT2D eigenvalue weighted by molar-refractivity contribution is -0.145. The molecule has 1 aromatic carbocycles. The zero-order chi connectivity index (χ0) is 16.2. The van der Waals surface area contributed by atoms with Crippen LogP contribution in [0, 0.1) is 0 Å². The van der Waals surface area contributed by atoms with Gasteiger partial charge in [-0.3, -0.25) is 4.79 Å². The maximum absolute atomic E-state index is 11.5. The van der Waals surface area contributed by atoms with Gasteiger partial charge in [0.05, 0.1) is 23.7 Å². The standard InChI is InChI=1S/C15H15NO5S2/c1-19-13(17)7-9-6-10(21-15(18)20-9)8-22-14-16-11-4-2-3-5-12(11)23-14/h2-5,9-10H,6-8H2,1H3/t9-,10+/m1/s1. The Balaban J connectivity index is 1.58. The number of carbonyl (C=O) groups is 2. The molecule has 0 amide bonds. The predicted molar refractivity (Wildman–Crippen MR) is 86.7 cm³/mol. The average Bonchev–Trinajstić information content (AvgIpc) is 2.95. The molecular formula is C15H15NO5S2. The summed E-state index contributed by atoms with van der Waals surface area (Å²) in [6.07, 6.45) is -1.01.